The molecular formula is C19H23NO2. The van der Waals surface area contributed by atoms with Crippen molar-refractivity contribution in [1.82, 2.24) is 4.98 Å². The minimum atomic E-state index is -0.784. The molecule has 0 bridgehead atoms. The lowest BCUT2D eigenvalue weighted by molar-refractivity contribution is -0.146. The van der Waals surface area contributed by atoms with Crippen LogP contribution in [-0.4, -0.2) is 16.1 Å². The van der Waals surface area contributed by atoms with Gasteiger partial charge in [-0.15, -0.1) is 0 Å². The van der Waals surface area contributed by atoms with Crippen molar-refractivity contribution in [2.24, 2.45) is 5.41 Å². The maximum absolute atomic E-state index is 11.5. The molecule has 0 fully saturated rings. The largest absolute Gasteiger partial charge is 0.481 e. The minimum Gasteiger partial charge on any atom is -0.481 e. The molecular weight excluding hydrogens is 274 g/mol. The quantitative estimate of drug-likeness (QED) is 0.840. The highest BCUT2D eigenvalue weighted by atomic mass is 16.4. The van der Waals surface area contributed by atoms with Crippen LogP contribution in [0.1, 0.15) is 44.9 Å². The van der Waals surface area contributed by atoms with Crippen LogP contribution < -0.4 is 0 Å². The van der Waals surface area contributed by atoms with Crippen molar-refractivity contribution in [3.05, 3.63) is 47.7 Å². The maximum atomic E-state index is 11.5. The Bertz CT molecular complexity index is 700. The van der Waals surface area contributed by atoms with Crippen LogP contribution in [-0.2, 0) is 11.2 Å². The van der Waals surface area contributed by atoms with E-state index in [2.05, 4.69) is 18.0 Å². The third-order valence-electron chi connectivity index (χ3n) is 4.42. The van der Waals surface area contributed by atoms with Gasteiger partial charge in [-0.2, -0.15) is 0 Å². The number of hydrogen-bond donors (Lipinski definition) is 1. The summed E-state index contributed by atoms with van der Waals surface area (Å²) in [6.07, 6.45) is 5.80. The number of carboxylic acid groups (broad SMARTS) is 1. The topological polar surface area (TPSA) is 50.2 Å². The van der Waals surface area contributed by atoms with E-state index < -0.39 is 11.4 Å². The summed E-state index contributed by atoms with van der Waals surface area (Å²) in [7, 11) is 0. The van der Waals surface area contributed by atoms with E-state index in [1.165, 1.54) is 0 Å². The monoisotopic (exact) mass is 297 g/mol. The van der Waals surface area contributed by atoms with Gasteiger partial charge in [-0.05, 0) is 37.0 Å². The summed E-state index contributed by atoms with van der Waals surface area (Å²) in [5, 5.41) is 10.6. The Morgan fingerprint density at radius 1 is 1.18 bits per heavy atom. The number of hydrogen-bond acceptors (Lipinski definition) is 2. The van der Waals surface area contributed by atoms with Gasteiger partial charge in [-0.3, -0.25) is 9.78 Å². The fourth-order valence-corrected chi connectivity index (χ4v) is 2.59. The average Bonchev–Trinajstić information content (AvgIpc) is 2.55. The number of pyridine rings is 1. The maximum Gasteiger partial charge on any atom is 0.313 e. The second kappa shape index (κ2) is 6.73. The zero-order valence-electron chi connectivity index (χ0n) is 13.5. The summed E-state index contributed by atoms with van der Waals surface area (Å²) in [5.74, 6) is -0.763. The molecule has 0 aliphatic rings. The lowest BCUT2D eigenvalue weighted by atomic mass is 9.82. The molecule has 3 heteroatoms. The van der Waals surface area contributed by atoms with Gasteiger partial charge < -0.3 is 5.11 Å². The van der Waals surface area contributed by atoms with Crippen LogP contribution in [0.25, 0.3) is 17.0 Å². The van der Waals surface area contributed by atoms with Crippen molar-refractivity contribution >= 4 is 22.9 Å². The summed E-state index contributed by atoms with van der Waals surface area (Å²) in [6, 6.07) is 10.2. The van der Waals surface area contributed by atoms with Crippen molar-refractivity contribution in [3.8, 4) is 0 Å². The van der Waals surface area contributed by atoms with Gasteiger partial charge in [-0.25, -0.2) is 0 Å². The summed E-state index contributed by atoms with van der Waals surface area (Å²) >= 11 is 0. The predicted octanol–water partition coefficient (Wildman–Crippen LogP) is 4.70. The SMILES string of the molecule is CCc1ccc2ccc(/C=C/C(CC)(CC)C(=O)O)cc2n1. The molecule has 0 unspecified atom stereocenters. The first-order valence-electron chi connectivity index (χ1n) is 7.87. The number of carboxylic acids is 1. The van der Waals surface area contributed by atoms with Crippen LogP contribution in [0.15, 0.2) is 36.4 Å². The minimum absolute atomic E-state index is 0.584. The number of aliphatic carboxylic acids is 1. The molecule has 0 amide bonds. The third-order valence-corrected chi connectivity index (χ3v) is 4.42. The van der Waals surface area contributed by atoms with Crippen molar-refractivity contribution in [2.75, 3.05) is 0 Å². The van der Waals surface area contributed by atoms with E-state index in [4.69, 9.17) is 0 Å². The van der Waals surface area contributed by atoms with Crippen molar-refractivity contribution in [1.29, 1.82) is 0 Å². The van der Waals surface area contributed by atoms with E-state index in [9.17, 15) is 9.90 Å². The summed E-state index contributed by atoms with van der Waals surface area (Å²) in [5.41, 5.74) is 2.22. The molecule has 0 aliphatic heterocycles. The molecule has 1 aromatic heterocycles. The lowest BCUT2D eigenvalue weighted by Gasteiger charge is -2.22. The molecule has 1 N–H and O–H groups in total. The summed E-state index contributed by atoms with van der Waals surface area (Å²) in [4.78, 5) is 16.2. The second-order valence-electron chi connectivity index (χ2n) is 5.61. The van der Waals surface area contributed by atoms with E-state index in [1.807, 2.05) is 50.3 Å². The molecule has 0 spiro atoms. The first-order valence-corrected chi connectivity index (χ1v) is 7.87. The van der Waals surface area contributed by atoms with Crippen molar-refractivity contribution < 1.29 is 9.90 Å². The van der Waals surface area contributed by atoms with Crippen LogP contribution in [0, 0.1) is 5.41 Å². The second-order valence-corrected chi connectivity index (χ2v) is 5.61. The number of aromatic nitrogens is 1. The molecule has 3 nitrogen and oxygen atoms in total. The molecule has 0 atom stereocenters. The number of nitrogens with zero attached hydrogens (tertiary/aromatic N) is 1. The highest BCUT2D eigenvalue weighted by molar-refractivity contribution is 5.82. The first-order chi connectivity index (χ1) is 10.5. The van der Waals surface area contributed by atoms with Gasteiger partial charge in [0.2, 0.25) is 0 Å². The molecule has 1 aromatic carbocycles. The van der Waals surface area contributed by atoms with Gasteiger partial charge in [0, 0.05) is 11.1 Å². The normalized spacial score (nSPS) is 12.1. The molecule has 0 aliphatic carbocycles. The third kappa shape index (κ3) is 3.19. The van der Waals surface area contributed by atoms with Crippen LogP contribution >= 0.6 is 0 Å². The Balaban J connectivity index is 2.38. The average molecular weight is 297 g/mol. The Labute approximate surface area is 131 Å². The number of rotatable bonds is 6. The molecule has 0 radical (unpaired) electrons. The van der Waals surface area contributed by atoms with Gasteiger partial charge in [0.15, 0.2) is 0 Å². The van der Waals surface area contributed by atoms with Crippen LogP contribution in [0.2, 0.25) is 0 Å². The smallest absolute Gasteiger partial charge is 0.313 e. The summed E-state index contributed by atoms with van der Waals surface area (Å²) in [6.45, 7) is 5.91. The van der Waals surface area contributed by atoms with Crippen molar-refractivity contribution in [2.45, 2.75) is 40.0 Å². The summed E-state index contributed by atoms with van der Waals surface area (Å²) < 4.78 is 0. The molecule has 2 aromatic rings. The van der Waals surface area contributed by atoms with E-state index in [0.717, 1.165) is 28.6 Å². The van der Waals surface area contributed by atoms with E-state index in [-0.39, 0.29) is 0 Å². The van der Waals surface area contributed by atoms with Gasteiger partial charge >= 0.3 is 5.97 Å². The number of benzene rings is 1. The lowest BCUT2D eigenvalue weighted by Crippen LogP contribution is -2.27. The molecule has 22 heavy (non-hydrogen) atoms. The number of fused-ring (bicyclic) bond motifs is 1. The van der Waals surface area contributed by atoms with Crippen LogP contribution in [0.3, 0.4) is 0 Å². The fraction of sp³-hybridized carbons (Fsp3) is 0.368. The zero-order chi connectivity index (χ0) is 16.2. The highest BCUT2D eigenvalue weighted by Gasteiger charge is 2.31. The Morgan fingerprint density at radius 2 is 1.86 bits per heavy atom. The Morgan fingerprint density at radius 3 is 2.45 bits per heavy atom. The van der Waals surface area contributed by atoms with Crippen LogP contribution in [0.4, 0.5) is 0 Å². The first kappa shape index (κ1) is 16.2. The number of aryl methyl sites for hydroxylation is 1. The molecule has 2 rings (SSSR count). The van der Waals surface area contributed by atoms with Crippen molar-refractivity contribution in [3.63, 3.8) is 0 Å². The predicted molar refractivity (Wildman–Crippen MR) is 90.8 cm³/mol. The standard InChI is InChI=1S/C19H23NO2/c1-4-16-10-9-15-8-7-14(13-17(15)20-16)11-12-19(5-2,6-3)18(21)22/h7-13H,4-6H2,1-3H3,(H,21,22)/b12-11+. The molecule has 0 saturated heterocycles. The fourth-order valence-electron chi connectivity index (χ4n) is 2.59. The Hall–Kier alpha value is -2.16. The number of carbonyl (C=O) groups is 1. The molecule has 116 valence electrons. The van der Waals surface area contributed by atoms with E-state index >= 15 is 0 Å². The zero-order valence-corrected chi connectivity index (χ0v) is 13.5. The van der Waals surface area contributed by atoms with E-state index in [0.29, 0.717) is 12.8 Å². The van der Waals surface area contributed by atoms with Crippen LogP contribution in [0.5, 0.6) is 0 Å². The van der Waals surface area contributed by atoms with Gasteiger partial charge in [0.05, 0.1) is 10.9 Å². The Kier molecular flexibility index (Phi) is 4.96. The highest BCUT2D eigenvalue weighted by Crippen LogP contribution is 2.29. The molecule has 0 saturated carbocycles. The molecule has 1 heterocycles. The van der Waals surface area contributed by atoms with Gasteiger partial charge in [0.25, 0.3) is 0 Å². The van der Waals surface area contributed by atoms with Gasteiger partial charge in [-0.1, -0.05) is 51.1 Å². The van der Waals surface area contributed by atoms with Gasteiger partial charge in [0.1, 0.15) is 0 Å². The van der Waals surface area contributed by atoms with E-state index in [1.54, 1.807) is 0 Å².